The molecule has 0 bridgehead atoms. The number of methoxy groups -OCH3 is 1. The van der Waals surface area contributed by atoms with Crippen molar-refractivity contribution >= 4 is 11.8 Å². The average molecular weight is 445 g/mol. The summed E-state index contributed by atoms with van der Waals surface area (Å²) in [5.74, 6) is -1.18. The van der Waals surface area contributed by atoms with Crippen LogP contribution in [0.15, 0.2) is 30.3 Å². The lowest BCUT2D eigenvalue weighted by atomic mass is 9.85. The molecular weight excluding hydrogens is 404 g/mol. The van der Waals surface area contributed by atoms with E-state index in [1.165, 1.54) is 5.56 Å². The Morgan fingerprint density at radius 1 is 1.06 bits per heavy atom. The first-order valence-electron chi connectivity index (χ1n) is 12.0. The summed E-state index contributed by atoms with van der Waals surface area (Å²) in [6.07, 6.45) is 4.72. The van der Waals surface area contributed by atoms with Gasteiger partial charge in [0, 0.05) is 33.2 Å². The third kappa shape index (κ3) is 6.18. The number of carbonyl (C=O) groups is 2. The second-order valence-corrected chi connectivity index (χ2v) is 9.96. The van der Waals surface area contributed by atoms with Gasteiger partial charge < -0.3 is 9.47 Å². The second kappa shape index (κ2) is 10.9. The van der Waals surface area contributed by atoms with Crippen molar-refractivity contribution in [2.75, 3.05) is 40.4 Å². The number of esters is 1. The van der Waals surface area contributed by atoms with Gasteiger partial charge in [0.1, 0.15) is 18.3 Å². The van der Waals surface area contributed by atoms with E-state index in [1.54, 1.807) is 14.0 Å². The summed E-state index contributed by atoms with van der Waals surface area (Å²) in [6, 6.07) is 10.6. The summed E-state index contributed by atoms with van der Waals surface area (Å²) in [7, 11) is 3.87. The van der Waals surface area contributed by atoms with Gasteiger partial charge in [-0.25, -0.2) is 0 Å². The molecule has 3 rings (SSSR count). The molecule has 1 aromatic carbocycles. The maximum Gasteiger partial charge on any atom is 0.316 e. The van der Waals surface area contributed by atoms with E-state index in [9.17, 15) is 9.59 Å². The molecule has 0 aliphatic carbocycles. The van der Waals surface area contributed by atoms with Gasteiger partial charge in [-0.3, -0.25) is 19.4 Å². The normalized spacial score (nSPS) is 29.1. The molecule has 6 heteroatoms. The summed E-state index contributed by atoms with van der Waals surface area (Å²) in [5, 5.41) is 0. The summed E-state index contributed by atoms with van der Waals surface area (Å²) in [6.45, 7) is 7.87. The van der Waals surface area contributed by atoms with Crippen molar-refractivity contribution in [3.63, 3.8) is 0 Å². The van der Waals surface area contributed by atoms with Gasteiger partial charge in [-0.2, -0.15) is 0 Å². The number of benzene rings is 1. The number of Topliss-reactive ketones (excluding diaryl/α,β-unsaturated/α-hetero) is 1. The molecule has 6 nitrogen and oxygen atoms in total. The minimum absolute atomic E-state index is 0.0578. The third-order valence-electron chi connectivity index (χ3n) is 7.76. The Morgan fingerprint density at radius 2 is 1.75 bits per heavy atom. The number of hydrogen-bond donors (Lipinski definition) is 0. The van der Waals surface area contributed by atoms with Gasteiger partial charge >= 0.3 is 5.97 Å². The van der Waals surface area contributed by atoms with Crippen LogP contribution >= 0.6 is 0 Å². The molecule has 1 unspecified atom stereocenters. The molecule has 0 saturated carbocycles. The molecule has 0 N–H and O–H groups in total. The molecule has 2 saturated heterocycles. The number of ether oxygens (including phenoxy) is 2. The van der Waals surface area contributed by atoms with E-state index in [2.05, 4.69) is 48.0 Å². The Kier molecular flexibility index (Phi) is 8.48. The van der Waals surface area contributed by atoms with E-state index in [0.717, 1.165) is 51.9 Å². The molecule has 0 amide bonds. The predicted octanol–water partition coefficient (Wildman–Crippen LogP) is 3.68. The topological polar surface area (TPSA) is 59.1 Å². The van der Waals surface area contributed by atoms with Crippen LogP contribution in [0.2, 0.25) is 0 Å². The Morgan fingerprint density at radius 3 is 2.41 bits per heavy atom. The SMILES string of the molecule is CO[C@]1(C)CCCN(C)C2(CCN(Cc3ccccc3)CC2)COC(=O)C(C)C(=O)CC1. The highest BCUT2D eigenvalue weighted by atomic mass is 16.5. The molecule has 0 radical (unpaired) electrons. The number of likely N-dealkylation sites (N-methyl/N-ethyl adjacent to an activating group) is 1. The minimum atomic E-state index is -0.725. The van der Waals surface area contributed by atoms with Crippen LogP contribution in [0.4, 0.5) is 0 Å². The zero-order valence-corrected chi connectivity index (χ0v) is 20.3. The molecule has 2 fully saturated rings. The fourth-order valence-electron chi connectivity index (χ4n) is 4.93. The first-order chi connectivity index (χ1) is 15.3. The van der Waals surface area contributed by atoms with Gasteiger partial charge in [-0.15, -0.1) is 0 Å². The second-order valence-electron chi connectivity index (χ2n) is 9.96. The maximum absolute atomic E-state index is 12.7. The number of carbonyl (C=O) groups excluding carboxylic acids is 2. The van der Waals surface area contributed by atoms with Crippen molar-refractivity contribution in [1.29, 1.82) is 0 Å². The highest BCUT2D eigenvalue weighted by molar-refractivity contribution is 5.98. The van der Waals surface area contributed by atoms with Crippen molar-refractivity contribution in [3.05, 3.63) is 35.9 Å². The van der Waals surface area contributed by atoms with E-state index < -0.39 is 11.9 Å². The highest BCUT2D eigenvalue weighted by Gasteiger charge is 2.40. The fraction of sp³-hybridized carbons (Fsp3) is 0.692. The number of piperidine rings is 1. The molecule has 2 atom stereocenters. The highest BCUT2D eigenvalue weighted by Crippen LogP contribution is 2.32. The fourth-order valence-corrected chi connectivity index (χ4v) is 4.93. The van der Waals surface area contributed by atoms with Crippen LogP contribution in [0.5, 0.6) is 0 Å². The summed E-state index contributed by atoms with van der Waals surface area (Å²) < 4.78 is 11.6. The van der Waals surface area contributed by atoms with Crippen LogP contribution in [0, 0.1) is 5.92 Å². The number of ketones is 1. The lowest BCUT2D eigenvalue weighted by Crippen LogP contribution is -2.57. The van der Waals surface area contributed by atoms with E-state index in [4.69, 9.17) is 9.47 Å². The predicted molar refractivity (Wildman–Crippen MR) is 125 cm³/mol. The van der Waals surface area contributed by atoms with Gasteiger partial charge in [0.2, 0.25) is 0 Å². The van der Waals surface area contributed by atoms with Crippen LogP contribution in [0.3, 0.4) is 0 Å². The Bertz CT molecular complexity index is 760. The van der Waals surface area contributed by atoms with Crippen molar-refractivity contribution in [2.24, 2.45) is 5.92 Å². The molecule has 1 aromatic rings. The van der Waals surface area contributed by atoms with E-state index >= 15 is 0 Å². The smallest absolute Gasteiger partial charge is 0.316 e. The molecule has 0 aromatic heterocycles. The van der Waals surface area contributed by atoms with E-state index in [-0.39, 0.29) is 16.9 Å². The molecule has 2 heterocycles. The molecule has 2 aliphatic rings. The zero-order valence-electron chi connectivity index (χ0n) is 20.3. The lowest BCUT2D eigenvalue weighted by Gasteiger charge is -2.47. The van der Waals surface area contributed by atoms with Crippen LogP contribution in [0.1, 0.15) is 57.9 Å². The number of rotatable bonds is 3. The minimum Gasteiger partial charge on any atom is -0.463 e. The standard InChI is InChI=1S/C26H40N2O4/c1-21-23(29)11-13-25(2,31-4)12-8-16-27(3)26(20-32-24(21)30)14-17-28(18-15-26)19-22-9-6-5-7-10-22/h5-7,9-10,21H,8,11-20H2,1-4H3/t21?,25-/m1/s1. The van der Waals surface area contributed by atoms with Crippen LogP contribution in [0.25, 0.3) is 0 Å². The van der Waals surface area contributed by atoms with Gasteiger partial charge in [-0.05, 0) is 65.1 Å². The average Bonchev–Trinajstić information content (AvgIpc) is 2.82. The summed E-state index contributed by atoms with van der Waals surface area (Å²) >= 11 is 0. The number of likely N-dealkylation sites (tertiary alicyclic amines) is 1. The van der Waals surface area contributed by atoms with Gasteiger partial charge in [0.05, 0.1) is 11.1 Å². The quantitative estimate of drug-likeness (QED) is 0.524. The van der Waals surface area contributed by atoms with E-state index in [1.807, 2.05) is 6.07 Å². The monoisotopic (exact) mass is 444 g/mol. The van der Waals surface area contributed by atoms with E-state index in [0.29, 0.717) is 19.4 Å². The first kappa shape index (κ1) is 24.9. The largest absolute Gasteiger partial charge is 0.463 e. The lowest BCUT2D eigenvalue weighted by molar-refractivity contribution is -0.156. The molecule has 178 valence electrons. The van der Waals surface area contributed by atoms with Crippen LogP contribution in [-0.4, -0.2) is 73.1 Å². The van der Waals surface area contributed by atoms with Crippen molar-refractivity contribution in [2.45, 2.75) is 70.1 Å². The molecule has 1 spiro atoms. The van der Waals surface area contributed by atoms with Gasteiger partial charge in [0.25, 0.3) is 0 Å². The molecule has 32 heavy (non-hydrogen) atoms. The third-order valence-corrected chi connectivity index (χ3v) is 7.76. The van der Waals surface area contributed by atoms with Gasteiger partial charge in [0.15, 0.2) is 0 Å². The summed E-state index contributed by atoms with van der Waals surface area (Å²) in [5.41, 5.74) is 0.785. The number of cyclic esters (lactones) is 1. The van der Waals surface area contributed by atoms with Crippen molar-refractivity contribution in [1.82, 2.24) is 9.80 Å². The molecular formula is C26H40N2O4. The van der Waals surface area contributed by atoms with Crippen LogP contribution < -0.4 is 0 Å². The summed E-state index contributed by atoms with van der Waals surface area (Å²) in [4.78, 5) is 30.2. The Labute approximate surface area is 193 Å². The molecule has 2 aliphatic heterocycles. The Balaban J connectivity index is 1.71. The Hall–Kier alpha value is -1.76. The number of nitrogens with zero attached hydrogens (tertiary/aromatic N) is 2. The zero-order chi connectivity index (χ0) is 23.2. The number of hydrogen-bond acceptors (Lipinski definition) is 6. The van der Waals surface area contributed by atoms with Crippen molar-refractivity contribution in [3.8, 4) is 0 Å². The first-order valence-corrected chi connectivity index (χ1v) is 12.0. The van der Waals surface area contributed by atoms with Crippen molar-refractivity contribution < 1.29 is 19.1 Å². The van der Waals surface area contributed by atoms with Gasteiger partial charge in [-0.1, -0.05) is 30.3 Å². The maximum atomic E-state index is 12.7. The van der Waals surface area contributed by atoms with Crippen LogP contribution in [-0.2, 0) is 25.6 Å².